The highest BCUT2D eigenvalue weighted by atomic mass is 16.5. The second-order valence-electron chi connectivity index (χ2n) is 5.20. The molecule has 1 aromatic heterocycles. The molecule has 21 heavy (non-hydrogen) atoms. The molecule has 6 heteroatoms. The number of carbonyl (C=O) groups excluding carboxylic acids is 1. The maximum absolute atomic E-state index is 11.9. The monoisotopic (exact) mass is 292 g/mol. The zero-order valence-electron chi connectivity index (χ0n) is 11.9. The standard InChI is InChI=1S/C15H20N2O4/c18-13(17-11-6-3-1-2-4-7-11)10-21-12-8-5-9-16-14(12)15(19)20/h5,8-9,11H,1-4,6-7,10H2,(H,17,18)(H,19,20). The van der Waals surface area contributed by atoms with Gasteiger partial charge >= 0.3 is 5.97 Å². The van der Waals surface area contributed by atoms with Gasteiger partial charge in [-0.15, -0.1) is 0 Å². The summed E-state index contributed by atoms with van der Waals surface area (Å²) in [4.78, 5) is 26.6. The van der Waals surface area contributed by atoms with Gasteiger partial charge in [0, 0.05) is 12.2 Å². The average molecular weight is 292 g/mol. The first-order valence-electron chi connectivity index (χ1n) is 7.27. The van der Waals surface area contributed by atoms with Gasteiger partial charge in [0.05, 0.1) is 0 Å². The highest BCUT2D eigenvalue weighted by Crippen LogP contribution is 2.17. The van der Waals surface area contributed by atoms with Crippen LogP contribution in [0.1, 0.15) is 49.0 Å². The molecule has 1 aliphatic carbocycles. The van der Waals surface area contributed by atoms with Crippen LogP contribution in [-0.4, -0.2) is 34.6 Å². The van der Waals surface area contributed by atoms with E-state index < -0.39 is 5.97 Å². The van der Waals surface area contributed by atoms with Crippen LogP contribution in [0, 0.1) is 0 Å². The minimum atomic E-state index is -1.17. The van der Waals surface area contributed by atoms with Crippen LogP contribution < -0.4 is 10.1 Å². The Morgan fingerprint density at radius 3 is 2.67 bits per heavy atom. The van der Waals surface area contributed by atoms with Gasteiger partial charge in [-0.3, -0.25) is 4.79 Å². The lowest BCUT2D eigenvalue weighted by Gasteiger charge is -2.16. The van der Waals surface area contributed by atoms with Crippen LogP contribution in [0.15, 0.2) is 18.3 Å². The first-order chi connectivity index (χ1) is 10.2. The Hall–Kier alpha value is -2.11. The van der Waals surface area contributed by atoms with Crippen molar-refractivity contribution in [3.05, 3.63) is 24.0 Å². The second-order valence-corrected chi connectivity index (χ2v) is 5.20. The van der Waals surface area contributed by atoms with Crippen LogP contribution in [0.5, 0.6) is 5.75 Å². The summed E-state index contributed by atoms with van der Waals surface area (Å²) in [7, 11) is 0. The number of amides is 1. The van der Waals surface area contributed by atoms with Gasteiger partial charge in [-0.25, -0.2) is 9.78 Å². The molecule has 1 heterocycles. The number of nitrogens with one attached hydrogen (secondary N) is 1. The SMILES string of the molecule is O=C(COc1cccnc1C(=O)O)NC1CCCCCC1. The first kappa shape index (κ1) is 15.3. The summed E-state index contributed by atoms with van der Waals surface area (Å²) in [5, 5.41) is 11.9. The third kappa shape index (κ3) is 4.73. The van der Waals surface area contributed by atoms with Gasteiger partial charge in [0.2, 0.25) is 0 Å². The number of pyridine rings is 1. The smallest absolute Gasteiger partial charge is 0.358 e. The van der Waals surface area contributed by atoms with Gasteiger partial charge in [0.25, 0.3) is 5.91 Å². The Morgan fingerprint density at radius 1 is 1.29 bits per heavy atom. The van der Waals surface area contributed by atoms with Gasteiger partial charge in [0.15, 0.2) is 18.1 Å². The summed E-state index contributed by atoms with van der Waals surface area (Å²) in [6, 6.07) is 3.27. The van der Waals surface area contributed by atoms with Crippen molar-refractivity contribution in [1.29, 1.82) is 0 Å². The van der Waals surface area contributed by atoms with E-state index >= 15 is 0 Å². The van der Waals surface area contributed by atoms with Crippen LogP contribution in [-0.2, 0) is 4.79 Å². The van der Waals surface area contributed by atoms with Crippen molar-refractivity contribution in [3.63, 3.8) is 0 Å². The molecule has 6 nitrogen and oxygen atoms in total. The number of carboxylic acid groups (broad SMARTS) is 1. The minimum absolute atomic E-state index is 0.112. The fraction of sp³-hybridized carbons (Fsp3) is 0.533. The first-order valence-corrected chi connectivity index (χ1v) is 7.27. The van der Waals surface area contributed by atoms with E-state index in [9.17, 15) is 9.59 Å². The quantitative estimate of drug-likeness (QED) is 0.810. The van der Waals surface area contributed by atoms with E-state index in [-0.39, 0.29) is 30.0 Å². The van der Waals surface area contributed by atoms with Crippen LogP contribution in [0.25, 0.3) is 0 Å². The van der Waals surface area contributed by atoms with E-state index in [1.54, 1.807) is 6.07 Å². The third-order valence-electron chi connectivity index (χ3n) is 3.55. The fourth-order valence-electron chi connectivity index (χ4n) is 2.50. The van der Waals surface area contributed by atoms with Crippen molar-refractivity contribution < 1.29 is 19.4 Å². The maximum Gasteiger partial charge on any atom is 0.358 e. The Labute approximate surface area is 123 Å². The average Bonchev–Trinajstić information content (AvgIpc) is 2.74. The van der Waals surface area contributed by atoms with Crippen molar-refractivity contribution in [2.45, 2.75) is 44.6 Å². The summed E-state index contributed by atoms with van der Waals surface area (Å²) in [5.41, 5.74) is -0.181. The van der Waals surface area contributed by atoms with Crippen LogP contribution in [0.2, 0.25) is 0 Å². The Kier molecular flexibility index (Phi) is 5.54. The molecule has 0 atom stereocenters. The molecule has 2 N–H and O–H groups in total. The normalized spacial score (nSPS) is 16.0. The molecule has 1 amide bonds. The summed E-state index contributed by atoms with van der Waals surface area (Å²) in [6.07, 6.45) is 8.09. The molecule has 0 aliphatic heterocycles. The van der Waals surface area contributed by atoms with Crippen LogP contribution in [0.4, 0.5) is 0 Å². The molecule has 1 aromatic rings. The number of aromatic nitrogens is 1. The lowest BCUT2D eigenvalue weighted by atomic mass is 10.1. The zero-order valence-corrected chi connectivity index (χ0v) is 11.9. The summed E-state index contributed by atoms with van der Waals surface area (Å²) in [5.74, 6) is -1.28. The number of nitrogens with zero attached hydrogens (tertiary/aromatic N) is 1. The molecule has 0 saturated heterocycles. The van der Waals surface area contributed by atoms with Gasteiger partial charge in [-0.1, -0.05) is 25.7 Å². The lowest BCUT2D eigenvalue weighted by molar-refractivity contribution is -0.123. The molecule has 0 spiro atoms. The number of hydrogen-bond acceptors (Lipinski definition) is 4. The lowest BCUT2D eigenvalue weighted by Crippen LogP contribution is -2.37. The second kappa shape index (κ2) is 7.61. The summed E-state index contributed by atoms with van der Waals surface area (Å²) >= 11 is 0. The molecule has 0 aromatic carbocycles. The van der Waals surface area contributed by atoms with Gasteiger partial charge in [0.1, 0.15) is 0 Å². The number of carboxylic acids is 1. The van der Waals surface area contributed by atoms with E-state index in [0.717, 1.165) is 25.7 Å². The molecule has 1 saturated carbocycles. The summed E-state index contributed by atoms with van der Waals surface area (Å²) in [6.45, 7) is -0.192. The maximum atomic E-state index is 11.9. The molecule has 1 aliphatic rings. The Bertz CT molecular complexity index is 496. The van der Waals surface area contributed by atoms with Crippen LogP contribution in [0.3, 0.4) is 0 Å². The Balaban J connectivity index is 1.85. The van der Waals surface area contributed by atoms with Crippen molar-refractivity contribution in [2.75, 3.05) is 6.61 Å². The van der Waals surface area contributed by atoms with Gasteiger partial charge < -0.3 is 15.2 Å². The number of aromatic carboxylic acids is 1. The van der Waals surface area contributed by atoms with Gasteiger partial charge in [-0.2, -0.15) is 0 Å². The number of carbonyl (C=O) groups is 2. The topological polar surface area (TPSA) is 88.5 Å². The van der Waals surface area contributed by atoms with E-state index in [4.69, 9.17) is 9.84 Å². The molecular formula is C15H20N2O4. The van der Waals surface area contributed by atoms with Crippen molar-refractivity contribution in [3.8, 4) is 5.75 Å². The summed E-state index contributed by atoms with van der Waals surface area (Å²) < 4.78 is 5.28. The van der Waals surface area contributed by atoms with E-state index in [2.05, 4.69) is 10.3 Å². The molecule has 2 rings (SSSR count). The zero-order chi connectivity index (χ0) is 15.1. The van der Waals surface area contributed by atoms with E-state index in [0.29, 0.717) is 0 Å². The van der Waals surface area contributed by atoms with Crippen molar-refractivity contribution in [1.82, 2.24) is 10.3 Å². The van der Waals surface area contributed by atoms with Crippen molar-refractivity contribution in [2.24, 2.45) is 0 Å². The highest BCUT2D eigenvalue weighted by molar-refractivity contribution is 5.88. The molecule has 0 bridgehead atoms. The Morgan fingerprint density at radius 2 is 2.00 bits per heavy atom. The minimum Gasteiger partial charge on any atom is -0.481 e. The van der Waals surface area contributed by atoms with E-state index in [1.807, 2.05) is 0 Å². The van der Waals surface area contributed by atoms with Crippen LogP contribution >= 0.6 is 0 Å². The van der Waals surface area contributed by atoms with Crippen molar-refractivity contribution >= 4 is 11.9 Å². The highest BCUT2D eigenvalue weighted by Gasteiger charge is 2.17. The fourth-order valence-corrected chi connectivity index (χ4v) is 2.50. The number of rotatable bonds is 5. The molecule has 114 valence electrons. The molecule has 1 fully saturated rings. The predicted molar refractivity (Wildman–Crippen MR) is 76.3 cm³/mol. The molecular weight excluding hydrogens is 272 g/mol. The molecule has 0 unspecified atom stereocenters. The number of hydrogen-bond donors (Lipinski definition) is 2. The van der Waals surface area contributed by atoms with Gasteiger partial charge in [-0.05, 0) is 25.0 Å². The largest absolute Gasteiger partial charge is 0.481 e. The third-order valence-corrected chi connectivity index (χ3v) is 3.55. The predicted octanol–water partition coefficient (Wildman–Crippen LogP) is 2.00. The van der Waals surface area contributed by atoms with E-state index in [1.165, 1.54) is 25.1 Å². The number of ether oxygens (including phenoxy) is 1. The molecule has 0 radical (unpaired) electrons.